The SMILES string of the molecule is O[C@@H]1CCN=C2CCC[C@@]21CC1OCCO1. The van der Waals surface area contributed by atoms with Gasteiger partial charge in [-0.1, -0.05) is 0 Å². The first-order valence-electron chi connectivity index (χ1n) is 6.26. The van der Waals surface area contributed by atoms with Crippen molar-refractivity contribution in [1.82, 2.24) is 0 Å². The summed E-state index contributed by atoms with van der Waals surface area (Å²) < 4.78 is 11.0. The van der Waals surface area contributed by atoms with Crippen LogP contribution >= 0.6 is 0 Å². The molecule has 0 aromatic carbocycles. The van der Waals surface area contributed by atoms with E-state index in [1.807, 2.05) is 0 Å². The van der Waals surface area contributed by atoms with Crippen LogP contribution in [0.1, 0.15) is 32.1 Å². The normalized spacial score (nSPS) is 39.8. The Hall–Kier alpha value is -0.450. The molecule has 1 aliphatic carbocycles. The molecule has 3 aliphatic rings. The molecule has 2 atom stereocenters. The minimum absolute atomic E-state index is 0.129. The minimum atomic E-state index is -0.254. The fraction of sp³-hybridized carbons (Fsp3) is 0.917. The van der Waals surface area contributed by atoms with Gasteiger partial charge < -0.3 is 14.6 Å². The van der Waals surface area contributed by atoms with E-state index in [-0.39, 0.29) is 17.8 Å². The average molecular weight is 225 g/mol. The summed E-state index contributed by atoms with van der Waals surface area (Å²) >= 11 is 0. The van der Waals surface area contributed by atoms with Crippen LogP contribution in [0, 0.1) is 5.41 Å². The molecule has 0 spiro atoms. The summed E-state index contributed by atoms with van der Waals surface area (Å²) in [4.78, 5) is 4.60. The predicted octanol–water partition coefficient (Wildman–Crippen LogP) is 1.13. The van der Waals surface area contributed by atoms with E-state index in [4.69, 9.17) is 9.47 Å². The van der Waals surface area contributed by atoms with E-state index >= 15 is 0 Å². The lowest BCUT2D eigenvalue weighted by molar-refractivity contribution is -0.0834. The van der Waals surface area contributed by atoms with Crippen LogP contribution in [0.2, 0.25) is 0 Å². The Morgan fingerprint density at radius 1 is 1.38 bits per heavy atom. The van der Waals surface area contributed by atoms with E-state index in [1.54, 1.807) is 0 Å². The van der Waals surface area contributed by atoms with Crippen LogP contribution in [0.4, 0.5) is 0 Å². The summed E-state index contributed by atoms with van der Waals surface area (Å²) in [5.41, 5.74) is 1.08. The zero-order valence-corrected chi connectivity index (χ0v) is 9.52. The molecule has 4 nitrogen and oxygen atoms in total. The molecule has 0 radical (unpaired) electrons. The summed E-state index contributed by atoms with van der Waals surface area (Å²) in [5.74, 6) is 0. The summed E-state index contributed by atoms with van der Waals surface area (Å²) in [6.45, 7) is 2.15. The van der Waals surface area contributed by atoms with E-state index in [9.17, 15) is 5.11 Å². The summed E-state index contributed by atoms with van der Waals surface area (Å²) in [6.07, 6.45) is 4.41. The van der Waals surface area contributed by atoms with Gasteiger partial charge in [0.05, 0.1) is 19.3 Å². The maximum absolute atomic E-state index is 10.3. The highest BCUT2D eigenvalue weighted by atomic mass is 16.7. The Labute approximate surface area is 95.7 Å². The molecular formula is C12H19NO3. The summed E-state index contributed by atoms with van der Waals surface area (Å²) in [5, 5.41) is 10.3. The molecule has 4 heteroatoms. The molecule has 3 rings (SSSR count). The number of aliphatic hydroxyl groups is 1. The van der Waals surface area contributed by atoms with Crippen LogP contribution < -0.4 is 0 Å². The predicted molar refractivity (Wildman–Crippen MR) is 59.5 cm³/mol. The molecule has 1 N–H and O–H groups in total. The first-order valence-corrected chi connectivity index (χ1v) is 6.26. The quantitative estimate of drug-likeness (QED) is 0.766. The highest BCUT2D eigenvalue weighted by Crippen LogP contribution is 2.46. The van der Waals surface area contributed by atoms with Gasteiger partial charge in [-0.25, -0.2) is 0 Å². The molecule has 0 bridgehead atoms. The van der Waals surface area contributed by atoms with Crippen molar-refractivity contribution in [3.8, 4) is 0 Å². The molecule has 0 unspecified atom stereocenters. The molecule has 16 heavy (non-hydrogen) atoms. The van der Waals surface area contributed by atoms with Crippen LogP contribution in [-0.4, -0.2) is 43.0 Å². The highest BCUT2D eigenvalue weighted by molar-refractivity contribution is 5.93. The monoisotopic (exact) mass is 225 g/mol. The van der Waals surface area contributed by atoms with Crippen LogP contribution in [-0.2, 0) is 9.47 Å². The number of nitrogens with zero attached hydrogens (tertiary/aromatic N) is 1. The van der Waals surface area contributed by atoms with Crippen molar-refractivity contribution < 1.29 is 14.6 Å². The van der Waals surface area contributed by atoms with E-state index in [2.05, 4.69) is 4.99 Å². The van der Waals surface area contributed by atoms with Gasteiger partial charge in [0, 0.05) is 24.1 Å². The lowest BCUT2D eigenvalue weighted by Gasteiger charge is -2.38. The van der Waals surface area contributed by atoms with Crippen molar-refractivity contribution in [1.29, 1.82) is 0 Å². The summed E-state index contributed by atoms with van der Waals surface area (Å²) in [7, 11) is 0. The topological polar surface area (TPSA) is 51.1 Å². The van der Waals surface area contributed by atoms with Gasteiger partial charge in [0.25, 0.3) is 0 Å². The first kappa shape index (κ1) is 10.7. The molecule has 0 amide bonds. The maximum Gasteiger partial charge on any atom is 0.158 e. The van der Waals surface area contributed by atoms with Crippen molar-refractivity contribution in [3.63, 3.8) is 0 Å². The molecular weight excluding hydrogens is 206 g/mol. The minimum Gasteiger partial charge on any atom is -0.392 e. The largest absolute Gasteiger partial charge is 0.392 e. The zero-order valence-electron chi connectivity index (χ0n) is 9.52. The lowest BCUT2D eigenvalue weighted by atomic mass is 9.73. The molecule has 2 aliphatic heterocycles. The van der Waals surface area contributed by atoms with Crippen LogP contribution in [0.5, 0.6) is 0 Å². The third kappa shape index (κ3) is 1.60. The Morgan fingerprint density at radius 3 is 3.00 bits per heavy atom. The van der Waals surface area contributed by atoms with Crippen molar-refractivity contribution >= 4 is 5.71 Å². The number of hydrogen-bond acceptors (Lipinski definition) is 4. The zero-order chi connectivity index (χ0) is 11.0. The molecule has 0 aromatic heterocycles. The molecule has 2 heterocycles. The van der Waals surface area contributed by atoms with Gasteiger partial charge in [-0.05, 0) is 25.7 Å². The number of rotatable bonds is 2. The van der Waals surface area contributed by atoms with Gasteiger partial charge >= 0.3 is 0 Å². The van der Waals surface area contributed by atoms with E-state index < -0.39 is 0 Å². The molecule has 2 fully saturated rings. The Morgan fingerprint density at radius 2 is 2.19 bits per heavy atom. The van der Waals surface area contributed by atoms with Crippen molar-refractivity contribution in [2.75, 3.05) is 19.8 Å². The number of hydrogen-bond donors (Lipinski definition) is 1. The van der Waals surface area contributed by atoms with Gasteiger partial charge in [-0.2, -0.15) is 0 Å². The Balaban J connectivity index is 1.81. The third-order valence-corrected chi connectivity index (χ3v) is 4.18. The van der Waals surface area contributed by atoms with Crippen molar-refractivity contribution in [3.05, 3.63) is 0 Å². The molecule has 90 valence electrons. The summed E-state index contributed by atoms with van der Waals surface area (Å²) in [6, 6.07) is 0. The highest BCUT2D eigenvalue weighted by Gasteiger charge is 2.49. The van der Waals surface area contributed by atoms with Crippen molar-refractivity contribution in [2.24, 2.45) is 10.4 Å². The Kier molecular flexibility index (Phi) is 2.73. The number of aliphatic imine (C=N–C) groups is 1. The molecule has 1 saturated heterocycles. The van der Waals surface area contributed by atoms with Gasteiger partial charge in [0.15, 0.2) is 6.29 Å². The van der Waals surface area contributed by atoms with Crippen LogP contribution in [0.15, 0.2) is 4.99 Å². The lowest BCUT2D eigenvalue weighted by Crippen LogP contribution is -2.44. The van der Waals surface area contributed by atoms with Gasteiger partial charge in [-0.3, -0.25) is 4.99 Å². The van der Waals surface area contributed by atoms with Gasteiger partial charge in [-0.15, -0.1) is 0 Å². The molecule has 0 aromatic rings. The third-order valence-electron chi connectivity index (χ3n) is 4.18. The fourth-order valence-electron chi connectivity index (χ4n) is 3.34. The second-order valence-electron chi connectivity index (χ2n) is 5.02. The number of fused-ring (bicyclic) bond motifs is 1. The Bertz CT molecular complexity index is 299. The van der Waals surface area contributed by atoms with E-state index in [1.165, 1.54) is 5.71 Å². The maximum atomic E-state index is 10.3. The number of ether oxygens (including phenoxy) is 2. The van der Waals surface area contributed by atoms with Crippen LogP contribution in [0.25, 0.3) is 0 Å². The van der Waals surface area contributed by atoms with E-state index in [0.717, 1.165) is 38.6 Å². The van der Waals surface area contributed by atoms with E-state index in [0.29, 0.717) is 13.2 Å². The second-order valence-corrected chi connectivity index (χ2v) is 5.02. The fourth-order valence-corrected chi connectivity index (χ4v) is 3.34. The van der Waals surface area contributed by atoms with Crippen molar-refractivity contribution in [2.45, 2.75) is 44.5 Å². The molecule has 1 saturated carbocycles. The van der Waals surface area contributed by atoms with Gasteiger partial charge in [0.2, 0.25) is 0 Å². The second kappa shape index (κ2) is 4.09. The average Bonchev–Trinajstić information content (AvgIpc) is 2.89. The first-order chi connectivity index (χ1) is 7.81. The smallest absolute Gasteiger partial charge is 0.158 e. The number of aliphatic hydroxyl groups excluding tert-OH is 1. The standard InChI is InChI=1S/C12H19NO3/c14-10-3-5-13-9-2-1-4-12(9,10)8-11-15-6-7-16-11/h10-11,14H,1-8H2/t10-,12-/m1/s1. The van der Waals surface area contributed by atoms with Crippen LogP contribution in [0.3, 0.4) is 0 Å². The van der Waals surface area contributed by atoms with Gasteiger partial charge in [0.1, 0.15) is 0 Å².